The Balaban J connectivity index is 1.71. The second-order valence-electron chi connectivity index (χ2n) is 8.88. The summed E-state index contributed by atoms with van der Waals surface area (Å²) in [5.41, 5.74) is 1.97. The fraction of sp³-hybridized carbons (Fsp3) is 0.444. The number of H-pyrrole nitrogens is 1. The van der Waals surface area contributed by atoms with Gasteiger partial charge in [0.25, 0.3) is 0 Å². The molecule has 3 aromatic rings. The lowest BCUT2D eigenvalue weighted by Gasteiger charge is -2.16. The number of ketones is 1. The molecule has 1 aromatic heterocycles. The van der Waals surface area contributed by atoms with Gasteiger partial charge in [0.1, 0.15) is 11.6 Å². The fourth-order valence-corrected chi connectivity index (χ4v) is 3.96. The molecule has 0 radical (unpaired) electrons. The summed E-state index contributed by atoms with van der Waals surface area (Å²) >= 11 is 0. The predicted octanol–water partition coefficient (Wildman–Crippen LogP) is 4.92. The van der Waals surface area contributed by atoms with Crippen LogP contribution in [-0.4, -0.2) is 53.7 Å². The quantitative estimate of drug-likeness (QED) is 0.364. The maximum Gasteiger partial charge on any atom is 0.230 e. The smallest absolute Gasteiger partial charge is 0.230 e. The third-order valence-corrected chi connectivity index (χ3v) is 6.00. The molecule has 0 aliphatic heterocycles. The standard InChI is InChI=1S/C27H36N4O2/c1-4-23(32)12-6-5-7-13-24(27(33)28-16-17-31(2)3)26-29-19-25(30-26)22-15-14-20-10-8-9-11-21(20)18-22/h8-11,14-15,18-19,24H,4-7,12-13,16-17H2,1-3H3,(H,28,33)(H,29,30). The van der Waals surface area contributed by atoms with Gasteiger partial charge in [-0.2, -0.15) is 0 Å². The number of hydrogen-bond acceptors (Lipinski definition) is 4. The third kappa shape index (κ3) is 7.26. The fourth-order valence-electron chi connectivity index (χ4n) is 3.96. The van der Waals surface area contributed by atoms with Gasteiger partial charge < -0.3 is 15.2 Å². The first kappa shape index (κ1) is 24.6. The average molecular weight is 449 g/mol. The molecule has 2 N–H and O–H groups in total. The lowest BCUT2D eigenvalue weighted by atomic mass is 9.98. The van der Waals surface area contributed by atoms with Gasteiger partial charge in [-0.3, -0.25) is 9.59 Å². The van der Waals surface area contributed by atoms with Crippen LogP contribution in [0.5, 0.6) is 0 Å². The zero-order valence-electron chi connectivity index (χ0n) is 20.1. The molecule has 2 aromatic carbocycles. The van der Waals surface area contributed by atoms with E-state index in [4.69, 9.17) is 0 Å². The molecule has 0 saturated carbocycles. The normalized spacial score (nSPS) is 12.2. The number of carbonyl (C=O) groups excluding carboxylic acids is 2. The maximum atomic E-state index is 13.0. The summed E-state index contributed by atoms with van der Waals surface area (Å²) in [7, 11) is 3.98. The van der Waals surface area contributed by atoms with Gasteiger partial charge in [0.2, 0.25) is 5.91 Å². The van der Waals surface area contributed by atoms with Crippen LogP contribution in [0.15, 0.2) is 48.7 Å². The minimum atomic E-state index is -0.330. The highest BCUT2D eigenvalue weighted by molar-refractivity contribution is 5.87. The van der Waals surface area contributed by atoms with E-state index in [1.165, 1.54) is 10.8 Å². The number of aromatic nitrogens is 2. The third-order valence-electron chi connectivity index (χ3n) is 6.00. The number of rotatable bonds is 13. The van der Waals surface area contributed by atoms with Gasteiger partial charge in [-0.1, -0.05) is 56.2 Å². The predicted molar refractivity (Wildman–Crippen MR) is 134 cm³/mol. The van der Waals surface area contributed by atoms with Crippen molar-refractivity contribution in [3.8, 4) is 11.3 Å². The minimum Gasteiger partial charge on any atom is -0.354 e. The summed E-state index contributed by atoms with van der Waals surface area (Å²) in [6, 6.07) is 14.6. The van der Waals surface area contributed by atoms with Gasteiger partial charge in [0.15, 0.2) is 0 Å². The van der Waals surface area contributed by atoms with Crippen LogP contribution in [0.3, 0.4) is 0 Å². The van der Waals surface area contributed by atoms with E-state index in [1.54, 1.807) is 0 Å². The summed E-state index contributed by atoms with van der Waals surface area (Å²) in [6.07, 6.45) is 6.45. The number of amides is 1. The zero-order chi connectivity index (χ0) is 23.6. The summed E-state index contributed by atoms with van der Waals surface area (Å²) < 4.78 is 0. The molecule has 33 heavy (non-hydrogen) atoms. The van der Waals surface area contributed by atoms with Crippen molar-refractivity contribution in [3.63, 3.8) is 0 Å². The number of benzene rings is 2. The van der Waals surface area contributed by atoms with Crippen molar-refractivity contribution in [2.24, 2.45) is 0 Å². The van der Waals surface area contributed by atoms with Crippen LogP contribution >= 0.6 is 0 Å². The lowest BCUT2D eigenvalue weighted by molar-refractivity contribution is -0.123. The second kappa shape index (κ2) is 12.3. The molecular weight excluding hydrogens is 412 g/mol. The van der Waals surface area contributed by atoms with Gasteiger partial charge >= 0.3 is 0 Å². The van der Waals surface area contributed by atoms with Gasteiger partial charge in [0.05, 0.1) is 17.8 Å². The number of hydrogen-bond donors (Lipinski definition) is 2. The molecule has 0 spiro atoms. The molecule has 176 valence electrons. The van der Waals surface area contributed by atoms with Crippen molar-refractivity contribution >= 4 is 22.5 Å². The topological polar surface area (TPSA) is 78.1 Å². The van der Waals surface area contributed by atoms with E-state index in [9.17, 15) is 9.59 Å². The van der Waals surface area contributed by atoms with E-state index in [-0.39, 0.29) is 11.8 Å². The van der Waals surface area contributed by atoms with Gasteiger partial charge in [-0.05, 0) is 43.8 Å². The van der Waals surface area contributed by atoms with E-state index >= 15 is 0 Å². The highest BCUT2D eigenvalue weighted by Gasteiger charge is 2.23. The molecule has 0 aliphatic carbocycles. The number of likely N-dealkylation sites (N-methyl/N-ethyl adjacent to an activating group) is 1. The summed E-state index contributed by atoms with van der Waals surface area (Å²) in [5, 5.41) is 5.43. The largest absolute Gasteiger partial charge is 0.354 e. The van der Waals surface area contributed by atoms with E-state index in [0.29, 0.717) is 37.4 Å². The molecule has 0 aliphatic rings. The zero-order valence-corrected chi connectivity index (χ0v) is 20.1. The SMILES string of the molecule is CCC(=O)CCCCCC(C(=O)NCCN(C)C)c1ncc(-c2ccc3ccccc3c2)[nH]1. The molecule has 6 heteroatoms. The Kier molecular flexibility index (Phi) is 9.19. The first-order valence-corrected chi connectivity index (χ1v) is 12.0. The highest BCUT2D eigenvalue weighted by atomic mass is 16.2. The Labute approximate surface area is 196 Å². The van der Waals surface area contributed by atoms with Crippen LogP contribution in [0.2, 0.25) is 0 Å². The van der Waals surface area contributed by atoms with Crippen LogP contribution in [-0.2, 0) is 9.59 Å². The molecule has 0 bridgehead atoms. The molecule has 1 heterocycles. The van der Waals surface area contributed by atoms with E-state index in [1.807, 2.05) is 44.2 Å². The summed E-state index contributed by atoms with van der Waals surface area (Å²) in [4.78, 5) is 34.6. The molecule has 3 rings (SSSR count). The Morgan fingerprint density at radius 2 is 1.85 bits per heavy atom. The van der Waals surface area contributed by atoms with Crippen LogP contribution in [0, 0.1) is 0 Å². The van der Waals surface area contributed by atoms with Crippen LogP contribution in [0.25, 0.3) is 22.0 Å². The van der Waals surface area contributed by atoms with Crippen molar-refractivity contribution in [2.75, 3.05) is 27.2 Å². The van der Waals surface area contributed by atoms with E-state index in [2.05, 4.69) is 45.6 Å². The van der Waals surface area contributed by atoms with Crippen molar-refractivity contribution < 1.29 is 9.59 Å². The van der Waals surface area contributed by atoms with Crippen molar-refractivity contribution in [1.29, 1.82) is 0 Å². The number of nitrogens with one attached hydrogen (secondary N) is 2. The second-order valence-corrected chi connectivity index (χ2v) is 8.88. The maximum absolute atomic E-state index is 13.0. The van der Waals surface area contributed by atoms with Gasteiger partial charge in [0, 0.05) is 31.5 Å². The Hall–Kier alpha value is -2.99. The van der Waals surface area contributed by atoms with Gasteiger partial charge in [-0.15, -0.1) is 0 Å². The molecule has 0 saturated heterocycles. The van der Waals surface area contributed by atoms with Gasteiger partial charge in [-0.25, -0.2) is 4.98 Å². The lowest BCUT2D eigenvalue weighted by Crippen LogP contribution is -2.35. The summed E-state index contributed by atoms with van der Waals surface area (Å²) in [5.74, 6) is 0.674. The van der Waals surface area contributed by atoms with Crippen molar-refractivity contribution in [2.45, 2.75) is 51.4 Å². The number of aromatic amines is 1. The van der Waals surface area contributed by atoms with Crippen LogP contribution in [0.1, 0.15) is 57.2 Å². The first-order valence-electron chi connectivity index (χ1n) is 12.0. The number of unbranched alkanes of at least 4 members (excludes halogenated alkanes) is 2. The molecule has 1 unspecified atom stereocenters. The van der Waals surface area contributed by atoms with Crippen molar-refractivity contribution in [1.82, 2.24) is 20.2 Å². The van der Waals surface area contributed by atoms with E-state index in [0.717, 1.165) is 37.1 Å². The van der Waals surface area contributed by atoms with Crippen LogP contribution in [0.4, 0.5) is 0 Å². The number of fused-ring (bicyclic) bond motifs is 1. The Morgan fingerprint density at radius 3 is 2.61 bits per heavy atom. The Morgan fingerprint density at radius 1 is 1.06 bits per heavy atom. The monoisotopic (exact) mass is 448 g/mol. The summed E-state index contributed by atoms with van der Waals surface area (Å²) in [6.45, 7) is 3.30. The highest BCUT2D eigenvalue weighted by Crippen LogP contribution is 2.27. The molecule has 6 nitrogen and oxygen atoms in total. The van der Waals surface area contributed by atoms with Crippen molar-refractivity contribution in [3.05, 3.63) is 54.5 Å². The molecule has 1 atom stereocenters. The minimum absolute atomic E-state index is 0.000830. The van der Waals surface area contributed by atoms with Crippen LogP contribution < -0.4 is 5.32 Å². The first-order chi connectivity index (χ1) is 16.0. The Bertz CT molecular complexity index is 1060. The molecule has 1 amide bonds. The number of imidazole rings is 1. The number of carbonyl (C=O) groups is 2. The molecule has 0 fully saturated rings. The number of Topliss-reactive ketones (excluding diaryl/α,β-unsaturated/α-hetero) is 1. The number of nitrogens with zero attached hydrogens (tertiary/aromatic N) is 2. The van der Waals surface area contributed by atoms with E-state index < -0.39 is 0 Å². The average Bonchev–Trinajstić information content (AvgIpc) is 3.30. The molecular formula is C27H36N4O2.